The normalized spacial score (nSPS) is 12.8. The Morgan fingerprint density at radius 2 is 1.94 bits per heavy atom. The van der Waals surface area contributed by atoms with E-state index in [0.717, 1.165) is 17.1 Å². The van der Waals surface area contributed by atoms with Crippen molar-refractivity contribution in [2.75, 3.05) is 0 Å². The third kappa shape index (κ3) is 2.27. The second kappa shape index (κ2) is 4.55. The summed E-state index contributed by atoms with van der Waals surface area (Å²) in [5.41, 5.74) is 7.95. The van der Waals surface area contributed by atoms with Gasteiger partial charge in [0.25, 0.3) is 0 Å². The lowest BCUT2D eigenvalue weighted by molar-refractivity contribution is 0.686. The van der Waals surface area contributed by atoms with Crippen LogP contribution in [0.5, 0.6) is 0 Å². The van der Waals surface area contributed by atoms with Gasteiger partial charge >= 0.3 is 0 Å². The quantitative estimate of drug-likeness (QED) is 0.862. The van der Waals surface area contributed by atoms with Gasteiger partial charge in [-0.1, -0.05) is 12.1 Å². The van der Waals surface area contributed by atoms with Crippen molar-refractivity contribution in [2.45, 2.75) is 13.0 Å². The average Bonchev–Trinajstić information content (AvgIpc) is 2.61. The second-order valence-corrected chi connectivity index (χ2v) is 5.14. The Labute approximate surface area is 109 Å². The van der Waals surface area contributed by atoms with Gasteiger partial charge in [0.05, 0.1) is 11.7 Å². The number of benzene rings is 1. The maximum absolute atomic E-state index is 5.85. The highest BCUT2D eigenvalue weighted by molar-refractivity contribution is 14.1. The first-order chi connectivity index (χ1) is 7.58. The van der Waals surface area contributed by atoms with E-state index in [1.54, 1.807) is 0 Å². The second-order valence-electron chi connectivity index (χ2n) is 3.89. The van der Waals surface area contributed by atoms with Crippen LogP contribution in [0.3, 0.4) is 0 Å². The van der Waals surface area contributed by atoms with E-state index >= 15 is 0 Å². The lowest BCUT2D eigenvalue weighted by atomic mass is 10.2. The summed E-state index contributed by atoms with van der Waals surface area (Å²) in [6.45, 7) is 1.94. The molecule has 0 bridgehead atoms. The molecule has 16 heavy (non-hydrogen) atoms. The van der Waals surface area contributed by atoms with Gasteiger partial charge in [-0.3, -0.25) is 0 Å². The van der Waals surface area contributed by atoms with Crippen molar-refractivity contribution >= 4 is 22.6 Å². The minimum absolute atomic E-state index is 0.0393. The number of halogens is 1. The largest absolute Gasteiger partial charge is 0.336 e. The highest BCUT2D eigenvalue weighted by atomic mass is 127. The van der Waals surface area contributed by atoms with Gasteiger partial charge in [-0.05, 0) is 41.6 Å². The van der Waals surface area contributed by atoms with E-state index in [1.807, 2.05) is 24.7 Å². The van der Waals surface area contributed by atoms with Crippen LogP contribution in [-0.4, -0.2) is 9.55 Å². The van der Waals surface area contributed by atoms with Crippen molar-refractivity contribution in [3.8, 4) is 11.3 Å². The summed E-state index contributed by atoms with van der Waals surface area (Å²) >= 11 is 2.29. The molecule has 0 aliphatic carbocycles. The smallest absolute Gasteiger partial charge is 0.125 e. The fourth-order valence-electron chi connectivity index (χ4n) is 1.66. The number of rotatable bonds is 2. The van der Waals surface area contributed by atoms with Crippen molar-refractivity contribution in [3.05, 3.63) is 39.9 Å². The maximum Gasteiger partial charge on any atom is 0.125 e. The van der Waals surface area contributed by atoms with Crippen LogP contribution in [0.1, 0.15) is 18.8 Å². The van der Waals surface area contributed by atoms with E-state index in [4.69, 9.17) is 5.73 Å². The predicted molar refractivity (Wildman–Crippen MR) is 74.0 cm³/mol. The number of hydrogen-bond acceptors (Lipinski definition) is 2. The Morgan fingerprint density at radius 3 is 2.44 bits per heavy atom. The van der Waals surface area contributed by atoms with E-state index in [-0.39, 0.29) is 6.04 Å². The molecule has 84 valence electrons. The lowest BCUT2D eigenvalue weighted by Crippen LogP contribution is -2.10. The molecule has 4 heteroatoms. The van der Waals surface area contributed by atoms with Crippen molar-refractivity contribution in [1.82, 2.24) is 9.55 Å². The zero-order valence-corrected chi connectivity index (χ0v) is 11.5. The van der Waals surface area contributed by atoms with E-state index < -0.39 is 0 Å². The van der Waals surface area contributed by atoms with Crippen LogP contribution < -0.4 is 5.73 Å². The first-order valence-electron chi connectivity index (χ1n) is 5.12. The summed E-state index contributed by atoms with van der Waals surface area (Å²) in [7, 11) is 1.97. The summed E-state index contributed by atoms with van der Waals surface area (Å²) in [6.07, 6.45) is 2.01. The molecule has 2 N–H and O–H groups in total. The lowest BCUT2D eigenvalue weighted by Gasteiger charge is -2.02. The van der Waals surface area contributed by atoms with E-state index in [9.17, 15) is 0 Å². The highest BCUT2D eigenvalue weighted by Gasteiger charge is 2.10. The first kappa shape index (κ1) is 11.6. The molecule has 3 nitrogen and oxygen atoms in total. The third-order valence-electron chi connectivity index (χ3n) is 2.46. The Balaban J connectivity index is 2.41. The number of nitrogens with two attached hydrogens (primary N) is 1. The van der Waals surface area contributed by atoms with Gasteiger partial charge in [-0.2, -0.15) is 0 Å². The van der Waals surface area contributed by atoms with Gasteiger partial charge < -0.3 is 10.3 Å². The molecule has 0 amide bonds. The molecule has 0 spiro atoms. The van der Waals surface area contributed by atoms with Crippen LogP contribution in [-0.2, 0) is 7.05 Å². The van der Waals surface area contributed by atoms with Crippen LogP contribution in [0, 0.1) is 3.57 Å². The summed E-state index contributed by atoms with van der Waals surface area (Å²) in [4.78, 5) is 4.54. The molecule has 1 aromatic heterocycles. The molecule has 1 atom stereocenters. The number of imidazole rings is 1. The minimum atomic E-state index is -0.0393. The maximum atomic E-state index is 5.85. The molecule has 2 aromatic rings. The molecule has 0 unspecified atom stereocenters. The molecule has 2 rings (SSSR count). The minimum Gasteiger partial charge on any atom is -0.336 e. The fourth-order valence-corrected chi connectivity index (χ4v) is 2.02. The summed E-state index contributed by atoms with van der Waals surface area (Å²) in [5, 5.41) is 0. The Kier molecular flexibility index (Phi) is 3.30. The standard InChI is InChI=1S/C12H14IN3/c1-8(14)12-15-11(7-16(12)2)9-3-5-10(13)6-4-9/h3-8H,14H2,1-2H3/t8-/m1/s1. The molecular formula is C12H14IN3. The van der Waals surface area contributed by atoms with Gasteiger partial charge in [0, 0.05) is 22.4 Å². The summed E-state index contributed by atoms with van der Waals surface area (Å²) in [6, 6.07) is 8.28. The molecule has 0 radical (unpaired) electrons. The van der Waals surface area contributed by atoms with Crippen LogP contribution in [0.15, 0.2) is 30.5 Å². The highest BCUT2D eigenvalue weighted by Crippen LogP contribution is 2.21. The summed E-state index contributed by atoms with van der Waals surface area (Å²) < 4.78 is 3.21. The third-order valence-corrected chi connectivity index (χ3v) is 3.18. The summed E-state index contributed by atoms with van der Waals surface area (Å²) in [5.74, 6) is 0.911. The average molecular weight is 327 g/mol. The van der Waals surface area contributed by atoms with Crippen molar-refractivity contribution < 1.29 is 0 Å². The zero-order valence-electron chi connectivity index (χ0n) is 9.31. The number of hydrogen-bond donors (Lipinski definition) is 1. The van der Waals surface area contributed by atoms with Gasteiger partial charge in [-0.15, -0.1) is 0 Å². The van der Waals surface area contributed by atoms with Crippen molar-refractivity contribution in [1.29, 1.82) is 0 Å². The molecule has 0 aliphatic heterocycles. The van der Waals surface area contributed by atoms with Gasteiger partial charge in [-0.25, -0.2) is 4.98 Å². The van der Waals surface area contributed by atoms with Crippen molar-refractivity contribution in [2.24, 2.45) is 12.8 Å². The number of aryl methyl sites for hydroxylation is 1. The van der Waals surface area contributed by atoms with Crippen LogP contribution >= 0.6 is 22.6 Å². The van der Waals surface area contributed by atoms with Gasteiger partial charge in [0.15, 0.2) is 0 Å². The zero-order chi connectivity index (χ0) is 11.7. The molecule has 0 saturated heterocycles. The molecule has 0 aliphatic rings. The van der Waals surface area contributed by atoms with Crippen LogP contribution in [0.4, 0.5) is 0 Å². The van der Waals surface area contributed by atoms with Crippen LogP contribution in [0.25, 0.3) is 11.3 Å². The molecule has 0 saturated carbocycles. The Hall–Kier alpha value is -0.880. The monoisotopic (exact) mass is 327 g/mol. The van der Waals surface area contributed by atoms with Gasteiger partial charge in [0.1, 0.15) is 5.82 Å². The van der Waals surface area contributed by atoms with E-state index in [0.29, 0.717) is 0 Å². The SMILES string of the molecule is C[C@@H](N)c1nc(-c2ccc(I)cc2)cn1C. The molecular weight excluding hydrogens is 313 g/mol. The molecule has 1 heterocycles. The fraction of sp³-hybridized carbons (Fsp3) is 0.250. The topological polar surface area (TPSA) is 43.8 Å². The van der Waals surface area contributed by atoms with Gasteiger partial charge in [0.2, 0.25) is 0 Å². The van der Waals surface area contributed by atoms with Crippen molar-refractivity contribution in [3.63, 3.8) is 0 Å². The number of nitrogens with zero attached hydrogens (tertiary/aromatic N) is 2. The van der Waals surface area contributed by atoms with Crippen LogP contribution in [0.2, 0.25) is 0 Å². The Bertz CT molecular complexity index is 485. The molecule has 1 aromatic carbocycles. The predicted octanol–water partition coefficient (Wildman–Crippen LogP) is 2.71. The Morgan fingerprint density at radius 1 is 1.31 bits per heavy atom. The number of aromatic nitrogens is 2. The molecule has 0 fully saturated rings. The first-order valence-corrected chi connectivity index (χ1v) is 6.20. The van der Waals surface area contributed by atoms with E-state index in [2.05, 4.69) is 51.8 Å². The van der Waals surface area contributed by atoms with E-state index in [1.165, 1.54) is 3.57 Å².